The molecule has 0 bridgehead atoms. The number of carbonyl (C=O) groups excluding carboxylic acids is 1. The molecule has 1 unspecified atom stereocenters. The van der Waals surface area contributed by atoms with Crippen LogP contribution in [0.1, 0.15) is 24.3 Å². The van der Waals surface area contributed by atoms with Gasteiger partial charge in [0, 0.05) is 25.9 Å². The van der Waals surface area contributed by atoms with Gasteiger partial charge in [-0.05, 0) is 25.9 Å². The summed E-state index contributed by atoms with van der Waals surface area (Å²) in [4.78, 5) is 20.6. The number of amides is 1. The van der Waals surface area contributed by atoms with Crippen molar-refractivity contribution < 1.29 is 9.21 Å². The summed E-state index contributed by atoms with van der Waals surface area (Å²) in [6, 6.07) is 0.205. The second-order valence-corrected chi connectivity index (χ2v) is 5.61. The van der Waals surface area contributed by atoms with E-state index in [2.05, 4.69) is 16.9 Å². The fourth-order valence-electron chi connectivity index (χ4n) is 3.00. The lowest BCUT2D eigenvalue weighted by atomic mass is 10.0. The van der Waals surface area contributed by atoms with Gasteiger partial charge < -0.3 is 20.0 Å². The Morgan fingerprint density at radius 1 is 1.53 bits per heavy atom. The van der Waals surface area contributed by atoms with Gasteiger partial charge in [-0.2, -0.15) is 4.98 Å². The number of hydrogen-bond donors (Lipinski definition) is 1. The summed E-state index contributed by atoms with van der Waals surface area (Å²) in [7, 11) is 2.11. The zero-order valence-electron chi connectivity index (χ0n) is 11.3. The number of likely N-dealkylation sites (tertiary alicyclic amines) is 1. The molecule has 2 aliphatic heterocycles. The van der Waals surface area contributed by atoms with Gasteiger partial charge in [0.25, 0.3) is 6.01 Å². The summed E-state index contributed by atoms with van der Waals surface area (Å²) in [5, 5.41) is 0. The summed E-state index contributed by atoms with van der Waals surface area (Å²) in [5.74, 6) is 1.47. The minimum absolute atomic E-state index is 0.205. The van der Waals surface area contributed by atoms with Crippen molar-refractivity contribution in [2.24, 2.45) is 5.92 Å². The molecule has 6 nitrogen and oxygen atoms in total. The maximum absolute atomic E-state index is 12.3. The SMILES string of the molecule is CN1CCC(CC(=O)N2CCc3nc(N)oc3C2)C1. The first-order valence-corrected chi connectivity index (χ1v) is 6.82. The van der Waals surface area contributed by atoms with Gasteiger partial charge >= 0.3 is 0 Å². The second-order valence-electron chi connectivity index (χ2n) is 5.61. The Morgan fingerprint density at radius 3 is 3.11 bits per heavy atom. The van der Waals surface area contributed by atoms with Crippen LogP contribution in [0.15, 0.2) is 4.42 Å². The standard InChI is InChI=1S/C13H20N4O2/c1-16-4-2-9(7-16)6-12(18)17-5-3-10-11(8-17)19-13(14)15-10/h9H,2-8H2,1H3,(H2,14,15). The summed E-state index contributed by atoms with van der Waals surface area (Å²) in [5.41, 5.74) is 6.45. The van der Waals surface area contributed by atoms with Crippen LogP contribution in [0.5, 0.6) is 0 Å². The van der Waals surface area contributed by atoms with E-state index in [9.17, 15) is 4.79 Å². The minimum atomic E-state index is 0.205. The van der Waals surface area contributed by atoms with Crippen LogP contribution < -0.4 is 5.73 Å². The highest BCUT2D eigenvalue weighted by molar-refractivity contribution is 5.76. The molecule has 1 amide bonds. The Balaban J connectivity index is 1.60. The Morgan fingerprint density at radius 2 is 2.37 bits per heavy atom. The molecule has 2 aliphatic rings. The third-order valence-electron chi connectivity index (χ3n) is 4.05. The second kappa shape index (κ2) is 4.85. The molecule has 0 radical (unpaired) electrons. The lowest BCUT2D eigenvalue weighted by Crippen LogP contribution is -2.36. The molecule has 1 saturated heterocycles. The first-order chi connectivity index (χ1) is 9.11. The molecule has 104 valence electrons. The van der Waals surface area contributed by atoms with Gasteiger partial charge in [-0.1, -0.05) is 0 Å². The summed E-state index contributed by atoms with van der Waals surface area (Å²) >= 11 is 0. The average molecular weight is 264 g/mol. The van der Waals surface area contributed by atoms with E-state index in [0.29, 0.717) is 18.9 Å². The van der Waals surface area contributed by atoms with Crippen LogP contribution in [0, 0.1) is 5.92 Å². The predicted octanol–water partition coefficient (Wildman–Crippen LogP) is 0.483. The van der Waals surface area contributed by atoms with Crippen molar-refractivity contribution in [2.75, 3.05) is 32.4 Å². The van der Waals surface area contributed by atoms with E-state index in [-0.39, 0.29) is 11.9 Å². The number of nitrogen functional groups attached to an aromatic ring is 1. The van der Waals surface area contributed by atoms with Gasteiger partial charge in [-0.15, -0.1) is 0 Å². The summed E-state index contributed by atoms with van der Waals surface area (Å²) in [6.07, 6.45) is 2.51. The zero-order valence-corrected chi connectivity index (χ0v) is 11.3. The fourth-order valence-corrected chi connectivity index (χ4v) is 3.00. The van der Waals surface area contributed by atoms with Crippen molar-refractivity contribution in [1.29, 1.82) is 0 Å². The largest absolute Gasteiger partial charge is 0.427 e. The van der Waals surface area contributed by atoms with Gasteiger partial charge in [0.15, 0.2) is 0 Å². The predicted molar refractivity (Wildman–Crippen MR) is 70.3 cm³/mol. The highest BCUT2D eigenvalue weighted by Gasteiger charge is 2.28. The maximum Gasteiger partial charge on any atom is 0.292 e. The lowest BCUT2D eigenvalue weighted by Gasteiger charge is -2.26. The van der Waals surface area contributed by atoms with Crippen molar-refractivity contribution in [1.82, 2.24) is 14.8 Å². The van der Waals surface area contributed by atoms with Crippen molar-refractivity contribution in [3.8, 4) is 0 Å². The molecule has 0 saturated carbocycles. The van der Waals surface area contributed by atoms with E-state index in [1.54, 1.807) is 0 Å². The summed E-state index contributed by atoms with van der Waals surface area (Å²) < 4.78 is 5.34. The highest BCUT2D eigenvalue weighted by atomic mass is 16.4. The van der Waals surface area contributed by atoms with Crippen molar-refractivity contribution in [2.45, 2.75) is 25.8 Å². The number of carbonyl (C=O) groups is 1. The van der Waals surface area contributed by atoms with E-state index in [1.165, 1.54) is 0 Å². The fraction of sp³-hybridized carbons (Fsp3) is 0.692. The van der Waals surface area contributed by atoms with Crippen LogP contribution in [0.25, 0.3) is 0 Å². The monoisotopic (exact) mass is 264 g/mol. The van der Waals surface area contributed by atoms with Gasteiger partial charge in [-0.3, -0.25) is 4.79 Å². The molecule has 1 atom stereocenters. The molecule has 0 aliphatic carbocycles. The maximum atomic E-state index is 12.3. The first-order valence-electron chi connectivity index (χ1n) is 6.82. The van der Waals surface area contributed by atoms with Crippen molar-refractivity contribution >= 4 is 11.9 Å². The lowest BCUT2D eigenvalue weighted by molar-refractivity contribution is -0.133. The summed E-state index contributed by atoms with van der Waals surface area (Å²) in [6.45, 7) is 3.36. The quantitative estimate of drug-likeness (QED) is 0.841. The van der Waals surface area contributed by atoms with E-state index >= 15 is 0 Å². The van der Waals surface area contributed by atoms with E-state index in [1.807, 2.05) is 4.90 Å². The molecule has 0 spiro atoms. The molecular weight excluding hydrogens is 244 g/mol. The zero-order chi connectivity index (χ0) is 13.4. The Hall–Kier alpha value is -1.56. The van der Waals surface area contributed by atoms with Gasteiger partial charge in [0.1, 0.15) is 5.76 Å². The average Bonchev–Trinajstić information content (AvgIpc) is 2.93. The van der Waals surface area contributed by atoms with Crippen LogP contribution in [0.2, 0.25) is 0 Å². The number of rotatable bonds is 2. The van der Waals surface area contributed by atoms with E-state index in [0.717, 1.165) is 43.9 Å². The third kappa shape index (κ3) is 2.58. The highest BCUT2D eigenvalue weighted by Crippen LogP contribution is 2.24. The normalized spacial score (nSPS) is 23.6. The Labute approximate surface area is 112 Å². The molecule has 3 rings (SSSR count). The Bertz CT molecular complexity index is 485. The number of hydrogen-bond acceptors (Lipinski definition) is 5. The number of fused-ring (bicyclic) bond motifs is 1. The van der Waals surface area contributed by atoms with Crippen LogP contribution >= 0.6 is 0 Å². The van der Waals surface area contributed by atoms with Crippen LogP contribution in [0.4, 0.5) is 6.01 Å². The van der Waals surface area contributed by atoms with E-state index in [4.69, 9.17) is 10.2 Å². The smallest absolute Gasteiger partial charge is 0.292 e. The first kappa shape index (κ1) is 12.5. The molecule has 1 fully saturated rings. The number of nitrogens with zero attached hydrogens (tertiary/aromatic N) is 3. The molecule has 1 aromatic rings. The molecule has 3 heterocycles. The molecular formula is C13H20N4O2. The van der Waals surface area contributed by atoms with Gasteiger partial charge in [0.05, 0.1) is 12.2 Å². The van der Waals surface area contributed by atoms with Gasteiger partial charge in [0.2, 0.25) is 5.91 Å². The van der Waals surface area contributed by atoms with Crippen LogP contribution in [-0.2, 0) is 17.8 Å². The van der Waals surface area contributed by atoms with Crippen molar-refractivity contribution in [3.63, 3.8) is 0 Å². The molecule has 6 heteroatoms. The number of anilines is 1. The number of aromatic nitrogens is 1. The molecule has 0 aromatic carbocycles. The van der Waals surface area contributed by atoms with Crippen LogP contribution in [0.3, 0.4) is 0 Å². The van der Waals surface area contributed by atoms with Crippen molar-refractivity contribution in [3.05, 3.63) is 11.5 Å². The molecule has 1 aromatic heterocycles. The topological polar surface area (TPSA) is 75.6 Å². The Kier molecular flexibility index (Phi) is 3.18. The van der Waals surface area contributed by atoms with Crippen LogP contribution in [-0.4, -0.2) is 47.4 Å². The number of nitrogens with two attached hydrogens (primary N) is 1. The van der Waals surface area contributed by atoms with E-state index < -0.39 is 0 Å². The van der Waals surface area contributed by atoms with Gasteiger partial charge in [-0.25, -0.2) is 0 Å². The third-order valence-corrected chi connectivity index (χ3v) is 4.05. The number of oxazole rings is 1. The molecule has 2 N–H and O–H groups in total. The minimum Gasteiger partial charge on any atom is -0.427 e. The molecule has 19 heavy (non-hydrogen) atoms.